The van der Waals surface area contributed by atoms with Crippen molar-refractivity contribution in [3.05, 3.63) is 53.6 Å². The van der Waals surface area contributed by atoms with Crippen LogP contribution < -0.4 is 103 Å². The number of fused-ring (bicyclic) bond motifs is 1. The molecule has 0 amide bonds. The third kappa shape index (κ3) is 4.53. The third-order valence-corrected chi connectivity index (χ3v) is 3.65. The Hall–Kier alpha value is 1.60. The van der Waals surface area contributed by atoms with Gasteiger partial charge >= 0.3 is 103 Å². The molecule has 3 aromatic rings. The molecule has 1 nitrogen and oxygen atoms in total. The van der Waals surface area contributed by atoms with Crippen LogP contribution in [0.3, 0.4) is 0 Å². The van der Waals surface area contributed by atoms with Crippen LogP contribution in [0.5, 0.6) is 0 Å². The van der Waals surface area contributed by atoms with E-state index in [9.17, 15) is 0 Å². The monoisotopic (exact) mass is 315 g/mol. The van der Waals surface area contributed by atoms with E-state index in [4.69, 9.17) is 0 Å². The van der Waals surface area contributed by atoms with Crippen LogP contribution in [-0.2, 0) is 0 Å². The zero-order valence-corrected chi connectivity index (χ0v) is 18.8. The zero-order valence-electron chi connectivity index (χ0n) is 11.7. The smallest absolute Gasteiger partial charge is 0.329 e. The fourth-order valence-electron chi connectivity index (χ4n) is 1.98. The fourth-order valence-corrected chi connectivity index (χ4v) is 2.87. The Kier molecular flexibility index (Phi) is 8.14. The van der Waals surface area contributed by atoms with E-state index in [1.165, 1.54) is 16.7 Å². The van der Waals surface area contributed by atoms with E-state index in [0.29, 0.717) is 0 Å². The van der Waals surface area contributed by atoms with Crippen LogP contribution in [0.2, 0.25) is 0 Å². The number of aryl methyl sites for hydroxylation is 2. The van der Waals surface area contributed by atoms with Gasteiger partial charge in [0, 0.05) is 5.56 Å². The van der Waals surface area contributed by atoms with Crippen molar-refractivity contribution in [2.45, 2.75) is 13.8 Å². The summed E-state index contributed by atoms with van der Waals surface area (Å²) in [4.78, 5) is 4.60. The van der Waals surface area contributed by atoms with Crippen LogP contribution in [0.25, 0.3) is 20.8 Å². The first-order valence-corrected chi connectivity index (χ1v) is 6.31. The zero-order chi connectivity index (χ0) is 11.8. The molecular weight excluding hydrogens is 304 g/mol. The average Bonchev–Trinajstić information content (AvgIpc) is 2.71. The van der Waals surface area contributed by atoms with Gasteiger partial charge in [0.1, 0.15) is 0 Å². The Bertz CT molecular complexity index is 638. The van der Waals surface area contributed by atoms with Gasteiger partial charge in [0.2, 0.25) is 0 Å². The molecule has 0 bridgehead atoms. The summed E-state index contributed by atoms with van der Waals surface area (Å²) in [7, 11) is 0. The molecule has 0 aliphatic heterocycles. The Morgan fingerprint density at radius 1 is 0.947 bits per heavy atom. The van der Waals surface area contributed by atoms with E-state index in [-0.39, 0.29) is 103 Å². The molecule has 0 aliphatic rings. The van der Waals surface area contributed by atoms with Crippen molar-refractivity contribution >= 4 is 21.6 Å². The molecule has 19 heavy (non-hydrogen) atoms. The van der Waals surface area contributed by atoms with Gasteiger partial charge in [0.15, 0.2) is 0 Å². The SMILES string of the molecule is Cc1cc(C)cc(-c2nc3[c-]cc[c-]c3s2)c1.[K+].[K+]. The minimum atomic E-state index is 0. The number of thiazole rings is 1. The van der Waals surface area contributed by atoms with Crippen molar-refractivity contribution < 1.29 is 103 Å². The minimum absolute atomic E-state index is 0. The predicted octanol–water partition coefficient (Wildman–Crippen LogP) is -1.81. The number of nitrogens with zero attached hydrogens (tertiary/aromatic N) is 1. The minimum Gasteiger partial charge on any atom is -0.329 e. The molecule has 0 spiro atoms. The molecular formula is C15H11K2NS. The Morgan fingerprint density at radius 3 is 2.21 bits per heavy atom. The number of aromatic nitrogens is 1. The number of hydrogen-bond acceptors (Lipinski definition) is 2. The summed E-state index contributed by atoms with van der Waals surface area (Å²) in [6.07, 6.45) is 0. The first-order valence-electron chi connectivity index (χ1n) is 5.50. The van der Waals surface area contributed by atoms with E-state index in [0.717, 1.165) is 15.2 Å². The van der Waals surface area contributed by atoms with E-state index in [1.54, 1.807) is 11.3 Å². The first-order chi connectivity index (χ1) is 8.22. The van der Waals surface area contributed by atoms with Crippen LogP contribution in [-0.4, -0.2) is 4.98 Å². The van der Waals surface area contributed by atoms with E-state index < -0.39 is 0 Å². The normalized spacial score (nSPS) is 9.79. The summed E-state index contributed by atoms with van der Waals surface area (Å²) in [5, 5.41) is 1.05. The molecule has 0 radical (unpaired) electrons. The molecule has 0 saturated carbocycles. The van der Waals surface area contributed by atoms with Crippen LogP contribution in [0.4, 0.5) is 0 Å². The maximum absolute atomic E-state index is 4.60. The molecule has 84 valence electrons. The molecule has 0 atom stereocenters. The molecule has 1 aromatic heterocycles. The summed E-state index contributed by atoms with van der Waals surface area (Å²) >= 11 is 1.67. The average molecular weight is 316 g/mol. The summed E-state index contributed by atoms with van der Waals surface area (Å²) in [5.74, 6) is 0. The Morgan fingerprint density at radius 2 is 1.58 bits per heavy atom. The van der Waals surface area contributed by atoms with Crippen LogP contribution in [0.1, 0.15) is 11.1 Å². The van der Waals surface area contributed by atoms with Gasteiger partial charge in [-0.3, -0.25) is 24.3 Å². The summed E-state index contributed by atoms with van der Waals surface area (Å²) < 4.78 is 1.07. The molecule has 4 heteroatoms. The second kappa shape index (κ2) is 8.29. The predicted molar refractivity (Wildman–Crippen MR) is 72.2 cm³/mol. The largest absolute Gasteiger partial charge is 1.00 e. The van der Waals surface area contributed by atoms with Crippen molar-refractivity contribution in [1.82, 2.24) is 4.98 Å². The van der Waals surface area contributed by atoms with Gasteiger partial charge < -0.3 is 4.98 Å². The van der Waals surface area contributed by atoms with Crippen molar-refractivity contribution in [3.63, 3.8) is 0 Å². The van der Waals surface area contributed by atoms with Crippen molar-refractivity contribution in [2.75, 3.05) is 0 Å². The molecule has 0 aliphatic carbocycles. The van der Waals surface area contributed by atoms with Gasteiger partial charge in [-0.2, -0.15) is 4.70 Å². The maximum Gasteiger partial charge on any atom is 1.00 e. The Labute approximate surface area is 203 Å². The molecule has 2 aromatic carbocycles. The van der Waals surface area contributed by atoms with E-state index in [1.807, 2.05) is 12.1 Å². The van der Waals surface area contributed by atoms with Gasteiger partial charge in [-0.05, 0) is 26.0 Å². The molecule has 0 saturated heterocycles. The van der Waals surface area contributed by atoms with E-state index in [2.05, 4.69) is 49.2 Å². The maximum atomic E-state index is 4.60. The quantitative estimate of drug-likeness (QED) is 0.381. The van der Waals surface area contributed by atoms with Crippen molar-refractivity contribution in [3.8, 4) is 10.6 Å². The van der Waals surface area contributed by atoms with Crippen LogP contribution >= 0.6 is 11.3 Å². The van der Waals surface area contributed by atoms with Gasteiger partial charge in [0.25, 0.3) is 0 Å². The molecule has 0 fully saturated rings. The fraction of sp³-hybridized carbons (Fsp3) is 0.133. The van der Waals surface area contributed by atoms with Crippen LogP contribution in [0, 0.1) is 26.0 Å². The summed E-state index contributed by atoms with van der Waals surface area (Å²) in [6.45, 7) is 4.23. The van der Waals surface area contributed by atoms with Crippen molar-refractivity contribution in [2.24, 2.45) is 0 Å². The van der Waals surface area contributed by atoms with Crippen LogP contribution in [0.15, 0.2) is 30.3 Å². The third-order valence-electron chi connectivity index (χ3n) is 2.61. The molecule has 0 N–H and O–H groups in total. The number of benzene rings is 2. The molecule has 1 heterocycles. The Balaban J connectivity index is 0.000000902. The van der Waals surface area contributed by atoms with E-state index >= 15 is 0 Å². The van der Waals surface area contributed by atoms with Gasteiger partial charge in [0.05, 0.1) is 5.01 Å². The summed E-state index contributed by atoms with van der Waals surface area (Å²) in [5.41, 5.74) is 4.64. The summed E-state index contributed by atoms with van der Waals surface area (Å²) in [6, 6.07) is 16.6. The number of rotatable bonds is 1. The molecule has 0 unspecified atom stereocenters. The molecule has 3 rings (SSSR count). The van der Waals surface area contributed by atoms with Crippen molar-refractivity contribution in [1.29, 1.82) is 0 Å². The first kappa shape index (κ1) is 18.7. The standard InChI is InChI=1S/C15H11NS.2K/c1-10-7-11(2)9-12(8-10)15-16-13-5-3-4-6-14(13)17-15;;/h3-4,7-9H,1-2H3;;/q-2;2*+1. The van der Waals surface area contributed by atoms with Gasteiger partial charge in [-0.25, -0.2) is 11.3 Å². The van der Waals surface area contributed by atoms with Gasteiger partial charge in [-0.1, -0.05) is 17.2 Å². The second-order valence-electron chi connectivity index (χ2n) is 4.20. The second-order valence-corrected chi connectivity index (χ2v) is 5.19. The topological polar surface area (TPSA) is 12.9 Å². The van der Waals surface area contributed by atoms with Gasteiger partial charge in [-0.15, -0.1) is 5.52 Å². The number of hydrogen-bond donors (Lipinski definition) is 0.